The number of hydrogen-bond acceptors (Lipinski definition) is 3. The number of aliphatic hydroxyl groups excluding tert-OH is 1. The highest BCUT2D eigenvalue weighted by Gasteiger charge is 2.54. The smallest absolute Gasteiger partial charge is 0.302 e. The summed E-state index contributed by atoms with van der Waals surface area (Å²) < 4.78 is 5.02. The largest absolute Gasteiger partial charge is 0.463 e. The first kappa shape index (κ1) is 15.6. The topological polar surface area (TPSA) is 46.5 Å². The number of fused-ring (bicyclic) bond motifs is 2. The molecule has 2 aliphatic carbocycles. The molecule has 0 aromatic rings. The Hall–Kier alpha value is -0.830. The second-order valence-electron chi connectivity index (χ2n) is 7.30. The minimum atomic E-state index is -0.605. The second kappa shape index (κ2) is 5.18. The average Bonchev–Trinajstić information content (AvgIpc) is 2.38. The van der Waals surface area contributed by atoms with Gasteiger partial charge in [-0.25, -0.2) is 0 Å². The van der Waals surface area contributed by atoms with Gasteiger partial charge in [0.15, 0.2) is 0 Å². The first-order chi connectivity index (χ1) is 9.21. The molecule has 0 aromatic carbocycles. The Morgan fingerprint density at radius 1 is 1.45 bits per heavy atom. The lowest BCUT2D eigenvalue weighted by Crippen LogP contribution is -2.53. The minimum absolute atomic E-state index is 0.0991. The van der Waals surface area contributed by atoms with Gasteiger partial charge in [-0.2, -0.15) is 0 Å². The van der Waals surface area contributed by atoms with Gasteiger partial charge in [0.05, 0.1) is 6.10 Å². The Balaban J connectivity index is 2.18. The first-order valence-electron chi connectivity index (χ1n) is 7.72. The minimum Gasteiger partial charge on any atom is -0.463 e. The normalized spacial score (nSPS) is 42.1. The third-order valence-electron chi connectivity index (χ3n) is 6.31. The summed E-state index contributed by atoms with van der Waals surface area (Å²) in [6.45, 7) is 12.6. The van der Waals surface area contributed by atoms with Crippen LogP contribution < -0.4 is 0 Å². The number of hydrogen-bond donors (Lipinski definition) is 1. The van der Waals surface area contributed by atoms with Crippen LogP contribution in [-0.4, -0.2) is 23.8 Å². The summed E-state index contributed by atoms with van der Waals surface area (Å²) in [7, 11) is 0. The van der Waals surface area contributed by atoms with Crippen molar-refractivity contribution in [1.29, 1.82) is 0 Å². The number of carbonyl (C=O) groups excluding carboxylic acids is 1. The van der Waals surface area contributed by atoms with Crippen LogP contribution in [0.2, 0.25) is 0 Å². The van der Waals surface area contributed by atoms with E-state index in [1.807, 2.05) is 0 Å². The Morgan fingerprint density at radius 2 is 2.10 bits per heavy atom. The molecule has 0 heterocycles. The molecule has 0 aliphatic heterocycles. The summed E-state index contributed by atoms with van der Waals surface area (Å²) in [5.41, 5.74) is 1.29. The highest BCUT2D eigenvalue weighted by molar-refractivity contribution is 5.65. The lowest BCUT2D eigenvalue weighted by molar-refractivity contribution is -0.150. The standard InChI is InChI=1S/C17H28O3/c1-11-6-7-14-12(2)16(11,4)8-9-17(14,5)15(19)10-20-13(3)18/h11,14-15,19H,2,6-10H2,1,3-5H3/t11-,14-,15+,16+,17+/m1/s1. The zero-order chi connectivity index (χ0) is 15.1. The van der Waals surface area contributed by atoms with Crippen LogP contribution in [-0.2, 0) is 9.53 Å². The molecule has 3 nitrogen and oxygen atoms in total. The van der Waals surface area contributed by atoms with Crippen LogP contribution in [0.5, 0.6) is 0 Å². The van der Waals surface area contributed by atoms with Gasteiger partial charge in [-0.05, 0) is 42.9 Å². The van der Waals surface area contributed by atoms with Gasteiger partial charge < -0.3 is 9.84 Å². The van der Waals surface area contributed by atoms with Crippen molar-refractivity contribution >= 4 is 5.97 Å². The molecule has 3 heteroatoms. The van der Waals surface area contributed by atoms with Gasteiger partial charge in [0.2, 0.25) is 0 Å². The number of esters is 1. The molecule has 2 bridgehead atoms. The summed E-state index contributed by atoms with van der Waals surface area (Å²) in [6, 6.07) is 0. The summed E-state index contributed by atoms with van der Waals surface area (Å²) in [5.74, 6) is 0.675. The van der Waals surface area contributed by atoms with Crippen molar-refractivity contribution in [3.63, 3.8) is 0 Å². The Bertz CT molecular complexity index is 416. The summed E-state index contributed by atoms with van der Waals surface area (Å²) >= 11 is 0. The highest BCUT2D eigenvalue weighted by Crippen LogP contribution is 2.61. The molecular weight excluding hydrogens is 252 g/mol. The van der Waals surface area contributed by atoms with E-state index in [1.165, 1.54) is 18.9 Å². The molecule has 5 atom stereocenters. The molecule has 2 saturated carbocycles. The van der Waals surface area contributed by atoms with Crippen LogP contribution in [0.4, 0.5) is 0 Å². The molecular formula is C17H28O3. The first-order valence-corrected chi connectivity index (χ1v) is 7.72. The zero-order valence-corrected chi connectivity index (χ0v) is 13.2. The van der Waals surface area contributed by atoms with Crippen molar-refractivity contribution in [2.45, 2.75) is 59.5 Å². The number of aliphatic hydroxyl groups is 1. The third kappa shape index (κ3) is 2.30. The Morgan fingerprint density at radius 3 is 2.70 bits per heavy atom. The van der Waals surface area contributed by atoms with Gasteiger partial charge in [0, 0.05) is 12.3 Å². The second-order valence-corrected chi connectivity index (χ2v) is 7.30. The van der Waals surface area contributed by atoms with E-state index in [9.17, 15) is 9.90 Å². The van der Waals surface area contributed by atoms with Crippen LogP contribution in [0, 0.1) is 22.7 Å². The summed E-state index contributed by atoms with van der Waals surface area (Å²) in [6.07, 6.45) is 3.71. The number of rotatable bonds is 3. The molecule has 0 unspecified atom stereocenters. The van der Waals surface area contributed by atoms with Gasteiger partial charge in [-0.1, -0.05) is 32.9 Å². The highest BCUT2D eigenvalue weighted by atomic mass is 16.5. The van der Waals surface area contributed by atoms with Crippen LogP contribution in [0.25, 0.3) is 0 Å². The lowest BCUT2D eigenvalue weighted by Gasteiger charge is -2.58. The average molecular weight is 280 g/mol. The summed E-state index contributed by atoms with van der Waals surface area (Å²) in [5, 5.41) is 10.5. The van der Waals surface area contributed by atoms with Crippen molar-refractivity contribution in [1.82, 2.24) is 0 Å². The summed E-state index contributed by atoms with van der Waals surface area (Å²) in [4.78, 5) is 11.0. The molecule has 114 valence electrons. The quantitative estimate of drug-likeness (QED) is 0.637. The maximum absolute atomic E-state index is 11.0. The predicted octanol–water partition coefficient (Wildman–Crippen LogP) is 3.32. The van der Waals surface area contributed by atoms with Crippen molar-refractivity contribution in [3.05, 3.63) is 12.2 Å². The maximum Gasteiger partial charge on any atom is 0.302 e. The van der Waals surface area contributed by atoms with E-state index in [4.69, 9.17) is 4.74 Å². The maximum atomic E-state index is 11.0. The van der Waals surface area contributed by atoms with Gasteiger partial charge in [0.25, 0.3) is 0 Å². The van der Waals surface area contributed by atoms with Crippen LogP contribution in [0.3, 0.4) is 0 Å². The van der Waals surface area contributed by atoms with Crippen molar-refractivity contribution in [2.24, 2.45) is 22.7 Å². The molecule has 0 radical (unpaired) electrons. The Labute approximate surface area is 122 Å². The van der Waals surface area contributed by atoms with E-state index >= 15 is 0 Å². The third-order valence-corrected chi connectivity index (χ3v) is 6.31. The van der Waals surface area contributed by atoms with Gasteiger partial charge in [-0.3, -0.25) is 4.79 Å². The fourth-order valence-electron chi connectivity index (χ4n) is 4.25. The van der Waals surface area contributed by atoms with E-state index in [1.54, 1.807) is 0 Å². The van der Waals surface area contributed by atoms with Crippen molar-refractivity contribution < 1.29 is 14.6 Å². The fraction of sp³-hybridized carbons (Fsp3) is 0.824. The molecule has 20 heavy (non-hydrogen) atoms. The fourth-order valence-corrected chi connectivity index (χ4v) is 4.25. The molecule has 0 saturated heterocycles. The van der Waals surface area contributed by atoms with Crippen LogP contribution in [0.1, 0.15) is 53.4 Å². The van der Waals surface area contributed by atoms with Crippen LogP contribution >= 0.6 is 0 Å². The molecule has 0 spiro atoms. The SMILES string of the molecule is C=C1[C@H]2CC[C@@H](C)[C@]1(C)CC[C@]2(C)[C@@H](O)COC(C)=O. The predicted molar refractivity (Wildman–Crippen MR) is 79.1 cm³/mol. The molecule has 0 aromatic heterocycles. The van der Waals surface area contributed by atoms with Crippen molar-refractivity contribution in [3.8, 4) is 0 Å². The zero-order valence-electron chi connectivity index (χ0n) is 13.2. The number of allylic oxidation sites excluding steroid dienone is 1. The van der Waals surface area contributed by atoms with Gasteiger partial charge in [0.1, 0.15) is 6.61 Å². The van der Waals surface area contributed by atoms with Gasteiger partial charge in [-0.15, -0.1) is 0 Å². The van der Waals surface area contributed by atoms with Gasteiger partial charge >= 0.3 is 5.97 Å². The number of carbonyl (C=O) groups is 1. The molecule has 0 amide bonds. The molecule has 2 fully saturated rings. The molecule has 2 aliphatic rings. The van der Waals surface area contributed by atoms with E-state index < -0.39 is 6.10 Å². The Kier molecular flexibility index (Phi) is 4.03. The van der Waals surface area contributed by atoms with E-state index in [2.05, 4.69) is 27.4 Å². The monoisotopic (exact) mass is 280 g/mol. The molecule has 2 rings (SSSR count). The van der Waals surface area contributed by atoms with Crippen LogP contribution in [0.15, 0.2) is 12.2 Å². The van der Waals surface area contributed by atoms with Crippen molar-refractivity contribution in [2.75, 3.05) is 6.61 Å². The number of ether oxygens (including phenoxy) is 1. The lowest BCUT2D eigenvalue weighted by atomic mass is 9.47. The van der Waals surface area contributed by atoms with E-state index in [0.717, 1.165) is 19.3 Å². The van der Waals surface area contributed by atoms with E-state index in [-0.39, 0.29) is 23.4 Å². The molecule has 1 N–H and O–H groups in total. The van der Waals surface area contributed by atoms with E-state index in [0.29, 0.717) is 11.8 Å².